The fourth-order valence-corrected chi connectivity index (χ4v) is 1.96. The number of nitrogens with zero attached hydrogens (tertiary/aromatic N) is 2. The molecule has 20 heavy (non-hydrogen) atoms. The fourth-order valence-electron chi connectivity index (χ4n) is 1.96. The zero-order valence-corrected chi connectivity index (χ0v) is 12.9. The summed E-state index contributed by atoms with van der Waals surface area (Å²) in [5.41, 5.74) is 0.0582. The van der Waals surface area contributed by atoms with Crippen LogP contribution in [0.4, 0.5) is 5.82 Å². The molecule has 0 aliphatic rings. The van der Waals surface area contributed by atoms with Crippen LogP contribution in [0.2, 0.25) is 0 Å². The summed E-state index contributed by atoms with van der Waals surface area (Å²) in [7, 11) is 5.86. The molecular formula is C16H23N3O. The van der Waals surface area contributed by atoms with Crippen molar-refractivity contribution in [3.63, 3.8) is 0 Å². The molecule has 0 bridgehead atoms. The minimum atomic E-state index is 0.0582. The maximum atomic E-state index is 5.40. The number of likely N-dealkylation sites (N-methyl/N-ethyl adjacent to an activating group) is 1. The Hall–Kier alpha value is -1.81. The second-order valence-corrected chi connectivity index (χ2v) is 5.78. The summed E-state index contributed by atoms with van der Waals surface area (Å²) in [6.07, 6.45) is 1.82. The second kappa shape index (κ2) is 5.67. The monoisotopic (exact) mass is 273 g/mol. The van der Waals surface area contributed by atoms with Crippen molar-refractivity contribution in [3.8, 4) is 5.75 Å². The first-order valence-corrected chi connectivity index (χ1v) is 6.79. The van der Waals surface area contributed by atoms with Crippen molar-refractivity contribution < 1.29 is 4.74 Å². The average molecular weight is 273 g/mol. The molecular weight excluding hydrogens is 250 g/mol. The normalized spacial score (nSPS) is 11.9. The van der Waals surface area contributed by atoms with Gasteiger partial charge in [-0.25, -0.2) is 4.98 Å². The lowest BCUT2D eigenvalue weighted by molar-refractivity contribution is 0.210. The maximum Gasteiger partial charge on any atom is 0.134 e. The molecule has 0 amide bonds. The zero-order valence-electron chi connectivity index (χ0n) is 12.9. The summed E-state index contributed by atoms with van der Waals surface area (Å²) in [5, 5.41) is 5.62. The highest BCUT2D eigenvalue weighted by atomic mass is 16.5. The molecule has 1 N–H and O–H groups in total. The molecule has 1 heterocycles. The lowest BCUT2D eigenvalue weighted by Crippen LogP contribution is -2.44. The van der Waals surface area contributed by atoms with Crippen molar-refractivity contribution in [1.29, 1.82) is 0 Å². The summed E-state index contributed by atoms with van der Waals surface area (Å²) >= 11 is 0. The molecule has 1 aromatic carbocycles. The van der Waals surface area contributed by atoms with E-state index in [2.05, 4.69) is 49.2 Å². The number of nitrogens with one attached hydrogen (secondary N) is 1. The predicted octanol–water partition coefficient (Wildman–Crippen LogP) is 3.00. The minimum Gasteiger partial charge on any atom is -0.496 e. The van der Waals surface area contributed by atoms with Crippen LogP contribution in [0.3, 0.4) is 0 Å². The summed E-state index contributed by atoms with van der Waals surface area (Å²) in [6.45, 7) is 5.22. The van der Waals surface area contributed by atoms with Crippen LogP contribution in [0.1, 0.15) is 13.8 Å². The molecule has 0 saturated heterocycles. The molecule has 0 radical (unpaired) electrons. The standard InChI is InChI=1S/C16H23N3O/c1-16(2,19(3)4)11-18-15-13-7-6-8-14(20-5)12(13)9-10-17-15/h6-10H,11H2,1-5H3,(H,17,18). The maximum absolute atomic E-state index is 5.40. The molecule has 0 unspecified atom stereocenters. The highest BCUT2D eigenvalue weighted by Crippen LogP contribution is 2.29. The number of anilines is 1. The average Bonchev–Trinajstić information content (AvgIpc) is 2.44. The van der Waals surface area contributed by atoms with Gasteiger partial charge in [-0.15, -0.1) is 0 Å². The van der Waals surface area contributed by atoms with Gasteiger partial charge in [0, 0.05) is 29.1 Å². The fraction of sp³-hybridized carbons (Fsp3) is 0.438. The van der Waals surface area contributed by atoms with Crippen LogP contribution in [-0.4, -0.2) is 43.2 Å². The SMILES string of the molecule is COc1cccc2c(NCC(C)(C)N(C)C)nccc12. The Labute approximate surface area is 120 Å². The van der Waals surface area contributed by atoms with Crippen LogP contribution >= 0.6 is 0 Å². The Morgan fingerprint density at radius 1 is 1.20 bits per heavy atom. The molecule has 2 rings (SSSR count). The van der Waals surface area contributed by atoms with Gasteiger partial charge in [-0.2, -0.15) is 0 Å². The number of benzene rings is 1. The van der Waals surface area contributed by atoms with E-state index in [9.17, 15) is 0 Å². The van der Waals surface area contributed by atoms with Gasteiger partial charge in [0.25, 0.3) is 0 Å². The summed E-state index contributed by atoms with van der Waals surface area (Å²) in [5.74, 6) is 1.77. The first-order valence-electron chi connectivity index (χ1n) is 6.79. The number of hydrogen-bond acceptors (Lipinski definition) is 4. The van der Waals surface area contributed by atoms with Crippen molar-refractivity contribution in [3.05, 3.63) is 30.5 Å². The topological polar surface area (TPSA) is 37.4 Å². The lowest BCUT2D eigenvalue weighted by atomic mass is 10.0. The van der Waals surface area contributed by atoms with Crippen LogP contribution in [-0.2, 0) is 0 Å². The van der Waals surface area contributed by atoms with Crippen LogP contribution in [0.25, 0.3) is 10.8 Å². The number of fused-ring (bicyclic) bond motifs is 1. The van der Waals surface area contributed by atoms with E-state index in [0.29, 0.717) is 0 Å². The molecule has 4 nitrogen and oxygen atoms in total. The first kappa shape index (κ1) is 14.6. The number of hydrogen-bond donors (Lipinski definition) is 1. The first-order chi connectivity index (χ1) is 9.45. The van der Waals surface area contributed by atoms with Crippen molar-refractivity contribution >= 4 is 16.6 Å². The van der Waals surface area contributed by atoms with Gasteiger partial charge in [0.2, 0.25) is 0 Å². The molecule has 0 atom stereocenters. The van der Waals surface area contributed by atoms with Gasteiger partial charge in [-0.3, -0.25) is 0 Å². The van der Waals surface area contributed by atoms with Gasteiger partial charge >= 0.3 is 0 Å². The van der Waals surface area contributed by atoms with E-state index in [-0.39, 0.29) is 5.54 Å². The van der Waals surface area contributed by atoms with Gasteiger partial charge in [0.15, 0.2) is 0 Å². The lowest BCUT2D eigenvalue weighted by Gasteiger charge is -2.33. The van der Waals surface area contributed by atoms with Crippen LogP contribution < -0.4 is 10.1 Å². The molecule has 0 aliphatic heterocycles. The number of pyridine rings is 1. The number of ether oxygens (including phenoxy) is 1. The van der Waals surface area contributed by atoms with E-state index in [0.717, 1.165) is 28.9 Å². The molecule has 4 heteroatoms. The molecule has 0 spiro atoms. The highest BCUT2D eigenvalue weighted by molar-refractivity contribution is 5.95. The third-order valence-electron chi connectivity index (χ3n) is 3.89. The van der Waals surface area contributed by atoms with Crippen molar-refractivity contribution in [2.45, 2.75) is 19.4 Å². The van der Waals surface area contributed by atoms with Gasteiger partial charge in [0.1, 0.15) is 11.6 Å². The zero-order chi connectivity index (χ0) is 14.8. The predicted molar refractivity (Wildman–Crippen MR) is 84.6 cm³/mol. The molecule has 0 saturated carbocycles. The van der Waals surface area contributed by atoms with E-state index >= 15 is 0 Å². The Bertz CT molecular complexity index is 593. The van der Waals surface area contributed by atoms with Gasteiger partial charge in [-0.1, -0.05) is 12.1 Å². The van der Waals surface area contributed by atoms with E-state index in [4.69, 9.17) is 4.74 Å². The Morgan fingerprint density at radius 2 is 1.95 bits per heavy atom. The minimum absolute atomic E-state index is 0.0582. The summed E-state index contributed by atoms with van der Waals surface area (Å²) in [4.78, 5) is 6.66. The Kier molecular flexibility index (Phi) is 4.14. The molecule has 0 aliphatic carbocycles. The van der Waals surface area contributed by atoms with E-state index in [1.807, 2.05) is 24.4 Å². The summed E-state index contributed by atoms with van der Waals surface area (Å²) < 4.78 is 5.40. The Balaban J connectivity index is 2.32. The number of rotatable bonds is 5. The van der Waals surface area contributed by atoms with Crippen molar-refractivity contribution in [1.82, 2.24) is 9.88 Å². The number of methoxy groups -OCH3 is 1. The third kappa shape index (κ3) is 2.85. The highest BCUT2D eigenvalue weighted by Gasteiger charge is 2.20. The largest absolute Gasteiger partial charge is 0.496 e. The van der Waals surface area contributed by atoms with Crippen LogP contribution in [0, 0.1) is 0 Å². The third-order valence-corrected chi connectivity index (χ3v) is 3.89. The molecule has 1 aromatic heterocycles. The van der Waals surface area contributed by atoms with Gasteiger partial charge in [0.05, 0.1) is 7.11 Å². The molecule has 0 fully saturated rings. The molecule has 2 aromatic rings. The van der Waals surface area contributed by atoms with Crippen LogP contribution in [0.15, 0.2) is 30.5 Å². The molecule has 108 valence electrons. The Morgan fingerprint density at radius 3 is 2.60 bits per heavy atom. The van der Waals surface area contributed by atoms with E-state index in [1.165, 1.54) is 0 Å². The number of aromatic nitrogens is 1. The second-order valence-electron chi connectivity index (χ2n) is 5.78. The van der Waals surface area contributed by atoms with Gasteiger partial charge < -0.3 is 15.0 Å². The van der Waals surface area contributed by atoms with Crippen LogP contribution in [0.5, 0.6) is 5.75 Å². The summed E-state index contributed by atoms with van der Waals surface area (Å²) in [6, 6.07) is 8.01. The van der Waals surface area contributed by atoms with E-state index in [1.54, 1.807) is 7.11 Å². The van der Waals surface area contributed by atoms with Crippen molar-refractivity contribution in [2.24, 2.45) is 0 Å². The quantitative estimate of drug-likeness (QED) is 0.908. The smallest absolute Gasteiger partial charge is 0.134 e. The van der Waals surface area contributed by atoms with Crippen molar-refractivity contribution in [2.75, 3.05) is 33.1 Å². The van der Waals surface area contributed by atoms with Gasteiger partial charge in [-0.05, 0) is 40.1 Å². The van der Waals surface area contributed by atoms with E-state index < -0.39 is 0 Å².